The van der Waals surface area contributed by atoms with Crippen molar-refractivity contribution in [2.75, 3.05) is 13.6 Å². The zero-order valence-electron chi connectivity index (χ0n) is 18.5. The highest BCUT2D eigenvalue weighted by Gasteiger charge is 2.18. The molecule has 4 aromatic rings. The van der Waals surface area contributed by atoms with Crippen molar-refractivity contribution in [2.24, 2.45) is 0 Å². The average molecular weight is 443 g/mol. The van der Waals surface area contributed by atoms with Crippen LogP contribution in [0.5, 0.6) is 5.75 Å². The van der Waals surface area contributed by atoms with E-state index in [1.165, 1.54) is 11.1 Å². The molecule has 3 heterocycles. The molecule has 0 atom stereocenters. The Morgan fingerprint density at radius 1 is 0.970 bits per heavy atom. The minimum Gasteiger partial charge on any atom is -0.489 e. The predicted molar refractivity (Wildman–Crippen MR) is 127 cm³/mol. The Balaban J connectivity index is 0.000000269. The van der Waals surface area contributed by atoms with E-state index in [1.807, 2.05) is 66.7 Å². The molecule has 33 heavy (non-hydrogen) atoms. The lowest BCUT2D eigenvalue weighted by molar-refractivity contribution is -0.130. The van der Waals surface area contributed by atoms with Gasteiger partial charge in [-0.3, -0.25) is 4.79 Å². The highest BCUT2D eigenvalue weighted by atomic mass is 16.5. The van der Waals surface area contributed by atoms with Crippen LogP contribution in [0, 0.1) is 0 Å². The number of carbonyl (C=O) groups is 2. The first-order valence-corrected chi connectivity index (χ1v) is 10.8. The number of likely N-dealkylation sites (N-methyl/N-ethyl adjacent to an activating group) is 1. The number of ether oxygens (including phenoxy) is 1. The third kappa shape index (κ3) is 5.41. The first-order chi connectivity index (χ1) is 16.0. The summed E-state index contributed by atoms with van der Waals surface area (Å²) in [5.74, 6) is -0.157. The number of hydrogen-bond donors (Lipinski definition) is 1. The predicted octanol–water partition coefficient (Wildman–Crippen LogP) is 4.62. The van der Waals surface area contributed by atoms with Crippen LogP contribution in [0.15, 0.2) is 84.9 Å². The second-order valence-corrected chi connectivity index (χ2v) is 7.96. The van der Waals surface area contributed by atoms with Crippen LogP contribution >= 0.6 is 0 Å². The summed E-state index contributed by atoms with van der Waals surface area (Å²) in [5, 5.41) is 10.2. The van der Waals surface area contributed by atoms with Crippen molar-refractivity contribution in [1.82, 2.24) is 9.47 Å². The van der Waals surface area contributed by atoms with Gasteiger partial charge in [-0.15, -0.1) is 0 Å². The molecule has 1 aromatic heterocycles. The van der Waals surface area contributed by atoms with Crippen LogP contribution < -0.4 is 4.74 Å². The Kier molecular flexibility index (Phi) is 6.74. The molecular formula is C27H26N2O4. The van der Waals surface area contributed by atoms with Crippen molar-refractivity contribution >= 4 is 22.8 Å². The molecule has 0 saturated carbocycles. The summed E-state index contributed by atoms with van der Waals surface area (Å²) in [6, 6.07) is 27.1. The third-order valence-corrected chi connectivity index (χ3v) is 5.66. The van der Waals surface area contributed by atoms with Gasteiger partial charge in [-0.2, -0.15) is 0 Å². The molecule has 6 nitrogen and oxygen atoms in total. The molecule has 2 bridgehead atoms. The molecule has 2 aliphatic rings. The lowest BCUT2D eigenvalue weighted by atomic mass is 10.1. The molecular weight excluding hydrogens is 416 g/mol. The largest absolute Gasteiger partial charge is 0.489 e. The van der Waals surface area contributed by atoms with Crippen LogP contribution in [0.1, 0.15) is 21.6 Å². The summed E-state index contributed by atoms with van der Waals surface area (Å²) in [6.07, 6.45) is 0.765. The SMILES string of the molecule is CN(CCc1ccccc1)C(=O)Cn1c(C(=O)O)cc2ccccc21.c1cc2ccc1CO2. The van der Waals surface area contributed by atoms with E-state index in [0.717, 1.165) is 29.7 Å². The van der Waals surface area contributed by atoms with Crippen LogP contribution in [0.2, 0.25) is 0 Å². The molecule has 0 aliphatic carbocycles. The van der Waals surface area contributed by atoms with Crippen molar-refractivity contribution in [3.63, 3.8) is 0 Å². The van der Waals surface area contributed by atoms with E-state index in [4.69, 9.17) is 4.74 Å². The quantitative estimate of drug-likeness (QED) is 0.473. The average Bonchev–Trinajstić information content (AvgIpc) is 3.23. The van der Waals surface area contributed by atoms with Crippen LogP contribution in [0.4, 0.5) is 0 Å². The van der Waals surface area contributed by atoms with Gasteiger partial charge in [0.15, 0.2) is 0 Å². The van der Waals surface area contributed by atoms with Gasteiger partial charge in [0, 0.05) is 24.5 Å². The highest BCUT2D eigenvalue weighted by Crippen LogP contribution is 2.20. The third-order valence-electron chi connectivity index (χ3n) is 5.66. The van der Waals surface area contributed by atoms with Gasteiger partial charge in [-0.05, 0) is 41.8 Å². The van der Waals surface area contributed by atoms with Gasteiger partial charge in [0.25, 0.3) is 0 Å². The number of hydrogen-bond acceptors (Lipinski definition) is 3. The fourth-order valence-electron chi connectivity index (χ4n) is 3.73. The Labute approximate surface area is 192 Å². The molecule has 1 amide bonds. The molecule has 6 rings (SSSR count). The van der Waals surface area contributed by atoms with Gasteiger partial charge in [0.1, 0.15) is 24.6 Å². The normalized spacial score (nSPS) is 11.4. The molecule has 168 valence electrons. The van der Waals surface area contributed by atoms with Crippen molar-refractivity contribution in [2.45, 2.75) is 19.6 Å². The number of para-hydroxylation sites is 1. The summed E-state index contributed by atoms with van der Waals surface area (Å²) < 4.78 is 6.75. The molecule has 3 aromatic carbocycles. The minimum absolute atomic E-state index is 0.0143. The van der Waals surface area contributed by atoms with Gasteiger partial charge >= 0.3 is 5.97 Å². The number of carboxylic acid groups (broad SMARTS) is 1. The summed E-state index contributed by atoms with van der Waals surface area (Å²) in [7, 11) is 1.75. The molecule has 0 spiro atoms. The smallest absolute Gasteiger partial charge is 0.352 e. The van der Waals surface area contributed by atoms with Crippen molar-refractivity contribution in [1.29, 1.82) is 0 Å². The second kappa shape index (κ2) is 10.0. The van der Waals surface area contributed by atoms with Crippen molar-refractivity contribution in [3.05, 3.63) is 102 Å². The van der Waals surface area contributed by atoms with Crippen LogP contribution in [-0.4, -0.2) is 40.0 Å². The molecule has 2 aliphatic heterocycles. The van der Waals surface area contributed by atoms with Gasteiger partial charge in [0.2, 0.25) is 5.91 Å². The van der Waals surface area contributed by atoms with E-state index in [1.54, 1.807) is 22.6 Å². The van der Waals surface area contributed by atoms with Crippen LogP contribution in [-0.2, 0) is 24.4 Å². The van der Waals surface area contributed by atoms with Gasteiger partial charge in [-0.25, -0.2) is 4.79 Å². The maximum Gasteiger partial charge on any atom is 0.352 e. The molecule has 0 fully saturated rings. The highest BCUT2D eigenvalue weighted by molar-refractivity contribution is 5.95. The van der Waals surface area contributed by atoms with Crippen molar-refractivity contribution < 1.29 is 19.4 Å². The number of nitrogens with zero attached hydrogens (tertiary/aromatic N) is 2. The summed E-state index contributed by atoms with van der Waals surface area (Å²) >= 11 is 0. The zero-order valence-corrected chi connectivity index (χ0v) is 18.5. The molecule has 0 unspecified atom stereocenters. The monoisotopic (exact) mass is 442 g/mol. The van der Waals surface area contributed by atoms with Crippen molar-refractivity contribution in [3.8, 4) is 5.75 Å². The molecule has 0 radical (unpaired) electrons. The summed E-state index contributed by atoms with van der Waals surface area (Å²) in [5.41, 5.74) is 3.32. The maximum absolute atomic E-state index is 12.6. The topological polar surface area (TPSA) is 71.8 Å². The number of fused-ring (bicyclic) bond motifs is 4. The maximum atomic E-state index is 12.6. The van der Waals surface area contributed by atoms with E-state index < -0.39 is 5.97 Å². The van der Waals surface area contributed by atoms with E-state index >= 15 is 0 Å². The molecule has 0 saturated heterocycles. The summed E-state index contributed by atoms with van der Waals surface area (Å²) in [6.45, 7) is 1.37. The Morgan fingerprint density at radius 2 is 1.67 bits per heavy atom. The Hall–Kier alpha value is -4.06. The number of benzene rings is 3. The van der Waals surface area contributed by atoms with Gasteiger partial charge in [0.05, 0.1) is 0 Å². The number of amides is 1. The lowest BCUT2D eigenvalue weighted by Crippen LogP contribution is -2.32. The fraction of sp³-hybridized carbons (Fsp3) is 0.185. The molecule has 6 heteroatoms. The van der Waals surface area contributed by atoms with Crippen LogP contribution in [0.25, 0.3) is 10.9 Å². The number of carboxylic acids is 1. The van der Waals surface area contributed by atoms with E-state index in [-0.39, 0.29) is 18.1 Å². The second-order valence-electron chi connectivity index (χ2n) is 7.96. The van der Waals surface area contributed by atoms with E-state index in [2.05, 4.69) is 12.1 Å². The first-order valence-electron chi connectivity index (χ1n) is 10.8. The van der Waals surface area contributed by atoms with E-state index in [0.29, 0.717) is 6.54 Å². The van der Waals surface area contributed by atoms with Crippen LogP contribution in [0.3, 0.4) is 0 Å². The number of aromatic nitrogens is 1. The summed E-state index contributed by atoms with van der Waals surface area (Å²) in [4.78, 5) is 25.7. The Bertz CT molecular complexity index is 1220. The molecule has 1 N–H and O–H groups in total. The standard InChI is InChI=1S/C20H20N2O3.C7H6O/c1-21(12-11-15-7-3-2-4-8-15)19(23)14-22-17-10-6-5-9-16(17)13-18(22)20(24)25;1-3-7-4-2-6(1)5-8-7/h2-10,13H,11-12,14H2,1H3,(H,24,25);1-4H,5H2. The number of rotatable bonds is 6. The Morgan fingerprint density at radius 3 is 2.24 bits per heavy atom. The van der Waals surface area contributed by atoms with E-state index in [9.17, 15) is 14.7 Å². The lowest BCUT2D eigenvalue weighted by Gasteiger charge is -2.18. The van der Waals surface area contributed by atoms with Gasteiger partial charge < -0.3 is 19.3 Å². The number of carbonyl (C=O) groups excluding carboxylic acids is 1. The number of aromatic carboxylic acids is 1. The zero-order chi connectivity index (χ0) is 23.2. The fourth-order valence-corrected chi connectivity index (χ4v) is 3.73. The minimum atomic E-state index is -1.03. The van der Waals surface area contributed by atoms with Gasteiger partial charge in [-0.1, -0.05) is 60.7 Å². The first kappa shape index (κ1) is 22.1.